The standard InChI is InChI=1S/C16H23N5O2/c1-13-18-15(23-19-13)7-4-8-16(22)21-11-3-2-6-14(21)12-20-10-5-9-17-20/h5,9-10,14H,2-4,6-8,11-12H2,1H3/t14-/m1/s1. The molecule has 1 aliphatic heterocycles. The summed E-state index contributed by atoms with van der Waals surface area (Å²) in [7, 11) is 0. The van der Waals surface area contributed by atoms with Crippen LogP contribution < -0.4 is 0 Å². The topological polar surface area (TPSA) is 77.0 Å². The zero-order valence-electron chi connectivity index (χ0n) is 13.5. The summed E-state index contributed by atoms with van der Waals surface area (Å²) in [5, 5.41) is 8.03. The molecule has 0 aliphatic carbocycles. The third-order valence-corrected chi connectivity index (χ3v) is 4.26. The van der Waals surface area contributed by atoms with Crippen molar-refractivity contribution in [1.82, 2.24) is 24.8 Å². The molecule has 1 fully saturated rings. The largest absolute Gasteiger partial charge is 0.339 e. The quantitative estimate of drug-likeness (QED) is 0.814. The van der Waals surface area contributed by atoms with Crippen molar-refractivity contribution in [3.8, 4) is 0 Å². The first-order valence-electron chi connectivity index (χ1n) is 8.28. The maximum atomic E-state index is 12.6. The first-order chi connectivity index (χ1) is 11.2. The van der Waals surface area contributed by atoms with E-state index < -0.39 is 0 Å². The van der Waals surface area contributed by atoms with Gasteiger partial charge >= 0.3 is 0 Å². The maximum absolute atomic E-state index is 12.6. The van der Waals surface area contributed by atoms with Gasteiger partial charge in [0, 0.05) is 31.8 Å². The first kappa shape index (κ1) is 15.7. The van der Waals surface area contributed by atoms with E-state index in [-0.39, 0.29) is 11.9 Å². The zero-order chi connectivity index (χ0) is 16.1. The van der Waals surface area contributed by atoms with Crippen molar-refractivity contribution in [1.29, 1.82) is 0 Å². The number of hydrogen-bond donors (Lipinski definition) is 0. The fourth-order valence-electron chi connectivity index (χ4n) is 3.12. The Morgan fingerprint density at radius 1 is 1.43 bits per heavy atom. The molecule has 1 amide bonds. The highest BCUT2D eigenvalue weighted by Gasteiger charge is 2.26. The molecular formula is C16H23N5O2. The Morgan fingerprint density at radius 3 is 3.09 bits per heavy atom. The van der Waals surface area contributed by atoms with Crippen molar-refractivity contribution in [3.05, 3.63) is 30.2 Å². The molecule has 7 heteroatoms. The van der Waals surface area contributed by atoms with E-state index in [2.05, 4.69) is 15.2 Å². The molecule has 124 valence electrons. The Morgan fingerprint density at radius 2 is 2.35 bits per heavy atom. The van der Waals surface area contributed by atoms with Crippen LogP contribution >= 0.6 is 0 Å². The molecule has 2 aromatic rings. The number of rotatable bonds is 6. The molecule has 23 heavy (non-hydrogen) atoms. The molecule has 0 radical (unpaired) electrons. The minimum atomic E-state index is 0.220. The Bertz CT molecular complexity index is 622. The molecule has 1 saturated heterocycles. The van der Waals surface area contributed by atoms with Crippen LogP contribution in [0.1, 0.15) is 43.8 Å². The van der Waals surface area contributed by atoms with Crippen LogP contribution in [0.15, 0.2) is 23.0 Å². The molecule has 0 aromatic carbocycles. The third kappa shape index (κ3) is 4.18. The summed E-state index contributed by atoms with van der Waals surface area (Å²) < 4.78 is 7.00. The molecule has 0 bridgehead atoms. The van der Waals surface area contributed by atoms with Crippen molar-refractivity contribution in [2.24, 2.45) is 0 Å². The fraction of sp³-hybridized carbons (Fsp3) is 0.625. The van der Waals surface area contributed by atoms with Crippen molar-refractivity contribution >= 4 is 5.91 Å². The summed E-state index contributed by atoms with van der Waals surface area (Å²) in [6, 6.07) is 2.17. The van der Waals surface area contributed by atoms with Gasteiger partial charge in [-0.05, 0) is 38.7 Å². The summed E-state index contributed by atoms with van der Waals surface area (Å²) in [5.41, 5.74) is 0. The van der Waals surface area contributed by atoms with Gasteiger partial charge in [0.05, 0.1) is 12.6 Å². The van der Waals surface area contributed by atoms with E-state index in [0.29, 0.717) is 24.6 Å². The highest BCUT2D eigenvalue weighted by molar-refractivity contribution is 5.76. The van der Waals surface area contributed by atoms with Gasteiger partial charge in [-0.1, -0.05) is 5.16 Å². The number of amides is 1. The Kier molecular flexibility index (Phi) is 5.05. The number of aromatic nitrogens is 4. The number of nitrogens with zero attached hydrogens (tertiary/aromatic N) is 5. The predicted molar refractivity (Wildman–Crippen MR) is 83.6 cm³/mol. The van der Waals surface area contributed by atoms with Gasteiger partial charge in [0.2, 0.25) is 11.8 Å². The second kappa shape index (κ2) is 7.39. The smallest absolute Gasteiger partial charge is 0.226 e. The van der Waals surface area contributed by atoms with Crippen molar-refractivity contribution in [3.63, 3.8) is 0 Å². The second-order valence-electron chi connectivity index (χ2n) is 6.05. The van der Waals surface area contributed by atoms with E-state index in [1.54, 1.807) is 13.1 Å². The number of aryl methyl sites for hydroxylation is 2. The van der Waals surface area contributed by atoms with Crippen LogP contribution in [0.4, 0.5) is 0 Å². The molecule has 1 atom stereocenters. The highest BCUT2D eigenvalue weighted by Crippen LogP contribution is 2.20. The van der Waals surface area contributed by atoms with Crippen LogP contribution in [-0.2, 0) is 17.8 Å². The van der Waals surface area contributed by atoms with E-state index in [1.807, 2.05) is 21.8 Å². The average Bonchev–Trinajstić information content (AvgIpc) is 3.20. The van der Waals surface area contributed by atoms with E-state index in [9.17, 15) is 4.79 Å². The van der Waals surface area contributed by atoms with Crippen LogP contribution in [0, 0.1) is 6.92 Å². The van der Waals surface area contributed by atoms with Gasteiger partial charge in [0.15, 0.2) is 5.82 Å². The molecule has 2 aromatic heterocycles. The van der Waals surface area contributed by atoms with Crippen LogP contribution in [0.5, 0.6) is 0 Å². The zero-order valence-corrected chi connectivity index (χ0v) is 13.5. The summed E-state index contributed by atoms with van der Waals surface area (Å²) in [6.07, 6.45) is 8.97. The molecule has 0 N–H and O–H groups in total. The lowest BCUT2D eigenvalue weighted by Crippen LogP contribution is -2.45. The number of hydrogen-bond acceptors (Lipinski definition) is 5. The first-order valence-corrected chi connectivity index (χ1v) is 8.28. The molecule has 0 saturated carbocycles. The number of carbonyl (C=O) groups excluding carboxylic acids is 1. The predicted octanol–water partition coefficient (Wildman–Crippen LogP) is 1.98. The molecular weight excluding hydrogens is 294 g/mol. The molecule has 1 aliphatic rings. The third-order valence-electron chi connectivity index (χ3n) is 4.26. The van der Waals surface area contributed by atoms with Gasteiger partial charge < -0.3 is 9.42 Å². The van der Waals surface area contributed by atoms with Gasteiger partial charge in [-0.3, -0.25) is 9.48 Å². The Hall–Kier alpha value is -2.18. The van der Waals surface area contributed by atoms with E-state index in [1.165, 1.54) is 6.42 Å². The molecule has 3 rings (SSSR count). The van der Waals surface area contributed by atoms with Crippen molar-refractivity contribution < 1.29 is 9.32 Å². The Labute approximate surface area is 135 Å². The van der Waals surface area contributed by atoms with Crippen LogP contribution in [0.25, 0.3) is 0 Å². The van der Waals surface area contributed by atoms with Gasteiger partial charge in [0.25, 0.3) is 0 Å². The number of piperidine rings is 1. The second-order valence-corrected chi connectivity index (χ2v) is 6.05. The number of carbonyl (C=O) groups is 1. The molecule has 0 unspecified atom stereocenters. The lowest BCUT2D eigenvalue weighted by Gasteiger charge is -2.35. The maximum Gasteiger partial charge on any atom is 0.226 e. The van der Waals surface area contributed by atoms with Gasteiger partial charge in [-0.15, -0.1) is 0 Å². The average molecular weight is 317 g/mol. The lowest BCUT2D eigenvalue weighted by molar-refractivity contribution is -0.135. The van der Waals surface area contributed by atoms with Crippen LogP contribution in [0.2, 0.25) is 0 Å². The van der Waals surface area contributed by atoms with Gasteiger partial charge in [-0.2, -0.15) is 10.1 Å². The summed E-state index contributed by atoms with van der Waals surface area (Å²) in [6.45, 7) is 3.43. The summed E-state index contributed by atoms with van der Waals surface area (Å²) in [4.78, 5) is 18.8. The normalized spacial score (nSPS) is 18.3. The molecule has 3 heterocycles. The summed E-state index contributed by atoms with van der Waals surface area (Å²) >= 11 is 0. The summed E-state index contributed by atoms with van der Waals surface area (Å²) in [5.74, 6) is 1.47. The highest BCUT2D eigenvalue weighted by atomic mass is 16.5. The van der Waals surface area contributed by atoms with Crippen LogP contribution in [0.3, 0.4) is 0 Å². The van der Waals surface area contributed by atoms with Gasteiger partial charge in [-0.25, -0.2) is 0 Å². The van der Waals surface area contributed by atoms with Gasteiger partial charge in [0.1, 0.15) is 0 Å². The van der Waals surface area contributed by atoms with Crippen molar-refractivity contribution in [2.75, 3.05) is 6.54 Å². The van der Waals surface area contributed by atoms with E-state index >= 15 is 0 Å². The van der Waals surface area contributed by atoms with E-state index in [4.69, 9.17) is 4.52 Å². The lowest BCUT2D eigenvalue weighted by atomic mass is 10.0. The Balaban J connectivity index is 1.51. The number of likely N-dealkylation sites (tertiary alicyclic amines) is 1. The monoisotopic (exact) mass is 317 g/mol. The van der Waals surface area contributed by atoms with E-state index in [0.717, 1.165) is 32.4 Å². The SMILES string of the molecule is Cc1noc(CCCC(=O)N2CCCC[C@@H]2Cn2cccn2)n1. The van der Waals surface area contributed by atoms with Crippen molar-refractivity contribution in [2.45, 2.75) is 58.0 Å². The molecule has 7 nitrogen and oxygen atoms in total. The minimum Gasteiger partial charge on any atom is -0.339 e. The molecule has 0 spiro atoms. The minimum absolute atomic E-state index is 0.220. The fourth-order valence-corrected chi connectivity index (χ4v) is 3.12. The van der Waals surface area contributed by atoms with Crippen LogP contribution in [-0.4, -0.2) is 43.3 Å².